The molecule has 0 saturated carbocycles. The second-order valence-electron chi connectivity index (χ2n) is 26.5. The van der Waals surface area contributed by atoms with Crippen LogP contribution in [-0.2, 0) is 10.8 Å². The van der Waals surface area contributed by atoms with E-state index in [1.54, 1.807) is 0 Å². The third kappa shape index (κ3) is 8.74. The largest absolute Gasteiger partial charge is 0.310 e. The molecule has 2 aromatic heterocycles. The summed E-state index contributed by atoms with van der Waals surface area (Å²) >= 11 is 3.81. The number of rotatable bonds is 12. The number of benzene rings is 16. The zero-order valence-corrected chi connectivity index (χ0v) is 56.1. The van der Waals surface area contributed by atoms with Gasteiger partial charge in [0.2, 0.25) is 0 Å². The number of fused-ring (bicyclic) bond motifs is 13. The molecule has 2 aliphatic rings. The molecule has 2 aliphatic carbocycles. The smallest absolute Gasteiger partial charge is 0.0714 e. The molecule has 0 bridgehead atoms. The summed E-state index contributed by atoms with van der Waals surface area (Å²) in [6.07, 6.45) is 0. The molecular formula is C96H62N2S2. The molecule has 0 unspecified atom stereocenters. The molecule has 0 N–H and O–H groups in total. The van der Waals surface area contributed by atoms with Crippen LogP contribution in [0.25, 0.3) is 95.6 Å². The van der Waals surface area contributed by atoms with Gasteiger partial charge in [0.05, 0.1) is 10.8 Å². The predicted octanol–water partition coefficient (Wildman–Crippen LogP) is 26.6. The second kappa shape index (κ2) is 23.3. The third-order valence-electron chi connectivity index (χ3n) is 21.3. The van der Waals surface area contributed by atoms with Crippen molar-refractivity contribution in [2.24, 2.45) is 0 Å². The molecule has 2 nitrogen and oxygen atoms in total. The number of hydrogen-bond donors (Lipinski definition) is 0. The van der Waals surface area contributed by atoms with E-state index in [0.29, 0.717) is 0 Å². The van der Waals surface area contributed by atoms with Gasteiger partial charge in [0.25, 0.3) is 0 Å². The highest BCUT2D eigenvalue weighted by molar-refractivity contribution is 7.27. The normalized spacial score (nSPS) is 13.2. The fourth-order valence-corrected chi connectivity index (χ4v) is 19.8. The minimum absolute atomic E-state index is 0.539. The first-order valence-corrected chi connectivity index (χ1v) is 36.1. The maximum Gasteiger partial charge on any atom is 0.0714 e. The van der Waals surface area contributed by atoms with Gasteiger partial charge in [0.1, 0.15) is 0 Å². The standard InChI is InChI=1S/C96H62N2S2/c1-7-29-63(30-8-1)91-81-61-83-79-55-53-73(97(69-39-15-5-16-40-69)71-43-27-37-67(57-71)95(65-33-11-3-12-34-65)84-49-23-19-45-75(84)76-46-20-24-50-85(76)95)59-88(79)100-94(83)92(64-31-9-2-10-32-64)82(81)62-90-93(91)80-56-54-74(60-89(80)99-90)98(70-41-17-6-18-42-70)72-44-28-38-68(58-72)96(66-35-13-4-14-36-66)86-51-25-21-47-77(86)78-48-22-26-52-87(78)96/h1-62H. The minimum atomic E-state index is -0.539. The van der Waals surface area contributed by atoms with Gasteiger partial charge < -0.3 is 9.80 Å². The van der Waals surface area contributed by atoms with E-state index in [1.165, 1.54) is 140 Å². The molecule has 0 spiro atoms. The fourth-order valence-electron chi connectivity index (χ4n) is 17.3. The Morgan fingerprint density at radius 2 is 0.560 bits per heavy atom. The molecule has 0 atom stereocenters. The van der Waals surface area contributed by atoms with E-state index in [2.05, 4.69) is 386 Å². The number of para-hydroxylation sites is 2. The molecular weight excluding hydrogens is 1250 g/mol. The van der Waals surface area contributed by atoms with Crippen molar-refractivity contribution in [2.45, 2.75) is 10.8 Å². The van der Waals surface area contributed by atoms with Gasteiger partial charge in [-0.3, -0.25) is 0 Å². The van der Waals surface area contributed by atoms with Crippen molar-refractivity contribution in [3.63, 3.8) is 0 Å². The fraction of sp³-hybridized carbons (Fsp3) is 0.0208. The van der Waals surface area contributed by atoms with Gasteiger partial charge in [-0.25, -0.2) is 0 Å². The van der Waals surface area contributed by atoms with Crippen molar-refractivity contribution in [1.82, 2.24) is 0 Å². The van der Waals surface area contributed by atoms with E-state index in [4.69, 9.17) is 0 Å². The Hall–Kier alpha value is -12.2. The van der Waals surface area contributed by atoms with E-state index in [9.17, 15) is 0 Å². The zero-order chi connectivity index (χ0) is 65.9. The predicted molar refractivity (Wildman–Crippen MR) is 425 cm³/mol. The van der Waals surface area contributed by atoms with E-state index in [1.807, 2.05) is 22.7 Å². The van der Waals surface area contributed by atoms with Gasteiger partial charge in [0, 0.05) is 80.0 Å². The highest BCUT2D eigenvalue weighted by atomic mass is 32.1. The number of nitrogens with zero attached hydrogens (tertiary/aromatic N) is 2. The van der Waals surface area contributed by atoms with Crippen LogP contribution in [0, 0.1) is 0 Å². The van der Waals surface area contributed by atoms with E-state index < -0.39 is 10.8 Å². The molecule has 16 aromatic carbocycles. The van der Waals surface area contributed by atoms with Crippen LogP contribution in [0.2, 0.25) is 0 Å². The lowest BCUT2D eigenvalue weighted by Crippen LogP contribution is -2.28. The van der Waals surface area contributed by atoms with Gasteiger partial charge in [0.15, 0.2) is 0 Å². The van der Waals surface area contributed by atoms with Gasteiger partial charge in [-0.05, 0) is 179 Å². The van der Waals surface area contributed by atoms with Crippen LogP contribution in [0.5, 0.6) is 0 Å². The Labute approximate surface area is 589 Å². The molecule has 0 aliphatic heterocycles. The van der Waals surface area contributed by atoms with E-state index >= 15 is 0 Å². The first-order valence-electron chi connectivity index (χ1n) is 34.5. The van der Waals surface area contributed by atoms with Crippen LogP contribution in [0.4, 0.5) is 34.1 Å². The van der Waals surface area contributed by atoms with Gasteiger partial charge in [-0.15, -0.1) is 22.7 Å². The van der Waals surface area contributed by atoms with Crippen molar-refractivity contribution < 1.29 is 0 Å². The van der Waals surface area contributed by atoms with Crippen LogP contribution in [-0.4, -0.2) is 0 Å². The topological polar surface area (TPSA) is 6.48 Å². The van der Waals surface area contributed by atoms with Crippen LogP contribution in [0.1, 0.15) is 44.5 Å². The van der Waals surface area contributed by atoms with Crippen LogP contribution in [0.15, 0.2) is 376 Å². The molecule has 0 fully saturated rings. The number of hydrogen-bond acceptors (Lipinski definition) is 4. The summed E-state index contributed by atoms with van der Waals surface area (Å²) in [7, 11) is 0. The van der Waals surface area contributed by atoms with Gasteiger partial charge in [-0.2, -0.15) is 0 Å². The molecule has 20 rings (SSSR count). The SMILES string of the molecule is c1ccc(-c2c3cc4sc5cc(N(c6ccccc6)c6cccc(C7(c8ccccc8)c8ccccc8-c8ccccc87)c6)ccc5c4c(-c4ccccc4)c3cc3c2sc2cc(N(c4ccccc4)c4cccc(C5(c6ccccc6)c6ccccc6-c6ccccc65)c4)ccc23)cc1. The van der Waals surface area contributed by atoms with Crippen LogP contribution in [0.3, 0.4) is 0 Å². The minimum Gasteiger partial charge on any atom is -0.310 e. The van der Waals surface area contributed by atoms with Crippen LogP contribution < -0.4 is 9.80 Å². The monoisotopic (exact) mass is 1310 g/mol. The lowest BCUT2D eigenvalue weighted by molar-refractivity contribution is 0.768. The summed E-state index contributed by atoms with van der Waals surface area (Å²) in [5.74, 6) is 0. The van der Waals surface area contributed by atoms with E-state index in [-0.39, 0.29) is 0 Å². The second-order valence-corrected chi connectivity index (χ2v) is 28.6. The summed E-state index contributed by atoms with van der Waals surface area (Å²) in [6.45, 7) is 0. The Bertz CT molecular complexity index is 5900. The Kier molecular flexibility index (Phi) is 13.5. The number of thiophene rings is 2. The summed E-state index contributed by atoms with van der Waals surface area (Å²) in [4.78, 5) is 4.91. The van der Waals surface area contributed by atoms with Gasteiger partial charge in [-0.1, -0.05) is 291 Å². The van der Waals surface area contributed by atoms with Crippen molar-refractivity contribution in [2.75, 3.05) is 9.80 Å². The van der Waals surface area contributed by atoms with E-state index in [0.717, 1.165) is 34.1 Å². The summed E-state index contributed by atoms with van der Waals surface area (Å²) in [6, 6.07) is 141. The first kappa shape index (κ1) is 58.0. The lowest BCUT2D eigenvalue weighted by Gasteiger charge is -2.35. The Morgan fingerprint density at radius 3 is 1.02 bits per heavy atom. The molecule has 100 heavy (non-hydrogen) atoms. The third-order valence-corrected chi connectivity index (χ3v) is 23.6. The lowest BCUT2D eigenvalue weighted by atomic mass is 9.67. The molecule has 4 heteroatoms. The molecule has 0 saturated heterocycles. The highest BCUT2D eigenvalue weighted by Gasteiger charge is 2.48. The maximum atomic E-state index is 2.53. The first-order chi connectivity index (χ1) is 49.6. The average molecular weight is 1310 g/mol. The van der Waals surface area contributed by atoms with Crippen molar-refractivity contribution in [3.8, 4) is 44.5 Å². The average Bonchev–Trinajstić information content (AvgIpc) is 1.54. The Balaban J connectivity index is 0.765. The number of anilines is 6. The van der Waals surface area contributed by atoms with Crippen molar-refractivity contribution in [3.05, 3.63) is 421 Å². The molecule has 2 heterocycles. The maximum absolute atomic E-state index is 2.53. The van der Waals surface area contributed by atoms with Crippen molar-refractivity contribution >= 4 is 108 Å². The van der Waals surface area contributed by atoms with Crippen LogP contribution >= 0.6 is 22.7 Å². The van der Waals surface area contributed by atoms with Gasteiger partial charge >= 0.3 is 0 Å². The summed E-state index contributed by atoms with van der Waals surface area (Å²) < 4.78 is 5.01. The molecule has 0 amide bonds. The molecule has 468 valence electrons. The quantitative estimate of drug-likeness (QED) is 0.120. The van der Waals surface area contributed by atoms with Crippen molar-refractivity contribution in [1.29, 1.82) is 0 Å². The Morgan fingerprint density at radius 1 is 0.210 bits per heavy atom. The molecule has 18 aromatic rings. The summed E-state index contributed by atoms with van der Waals surface area (Å²) in [5, 5.41) is 7.52. The summed E-state index contributed by atoms with van der Waals surface area (Å²) in [5.41, 5.74) is 25.7. The molecule has 0 radical (unpaired) electrons. The highest BCUT2D eigenvalue weighted by Crippen LogP contribution is 2.60. The zero-order valence-electron chi connectivity index (χ0n) is 54.5.